The molecule has 0 bridgehead atoms. The number of nitriles is 1. The number of hydrogen-bond donors (Lipinski definition) is 1. The number of amidine groups is 1. The average Bonchev–Trinajstić information content (AvgIpc) is 2.34. The van der Waals surface area contributed by atoms with Crippen LogP contribution in [0.3, 0.4) is 0 Å². The van der Waals surface area contributed by atoms with Crippen LogP contribution in [0.15, 0.2) is 11.1 Å². The highest BCUT2D eigenvalue weighted by molar-refractivity contribution is 8.13. The molecule has 0 spiro atoms. The smallest absolute Gasteiger partial charge is 0.271 e. The molecule has 0 amide bonds. The predicted octanol–water partition coefficient (Wildman–Crippen LogP) is 2.43. The van der Waals surface area contributed by atoms with E-state index in [9.17, 15) is 23.3 Å². The van der Waals surface area contributed by atoms with Crippen molar-refractivity contribution in [3.63, 3.8) is 0 Å². The molecule has 0 radical (unpaired) electrons. The van der Waals surface area contributed by atoms with Gasteiger partial charge in [-0.15, -0.1) is 0 Å². The molecule has 0 unspecified atom stereocenters. The Morgan fingerprint density at radius 1 is 1.53 bits per heavy atom. The van der Waals surface area contributed by atoms with Crippen LogP contribution in [0.2, 0.25) is 0 Å². The van der Waals surface area contributed by atoms with Gasteiger partial charge in [0, 0.05) is 6.07 Å². The van der Waals surface area contributed by atoms with Crippen molar-refractivity contribution in [1.82, 2.24) is 5.32 Å². The maximum absolute atomic E-state index is 13.5. The normalized spacial score (nSPS) is 11.0. The highest BCUT2D eigenvalue weighted by Crippen LogP contribution is 2.35. The second-order valence-corrected chi connectivity index (χ2v) is 3.76. The number of halogens is 3. The van der Waals surface area contributed by atoms with Crippen molar-refractivity contribution in [2.24, 2.45) is 4.99 Å². The van der Waals surface area contributed by atoms with Crippen molar-refractivity contribution in [3.8, 4) is 6.19 Å². The van der Waals surface area contributed by atoms with E-state index in [0.29, 0.717) is 0 Å². The molecule has 0 aromatic heterocycles. The van der Waals surface area contributed by atoms with Crippen LogP contribution in [0, 0.1) is 39.0 Å². The number of thioether (sulfide) groups is 1. The molecule has 1 N–H and O–H groups in total. The second kappa shape index (κ2) is 6.05. The monoisotopic (exact) mass is 290 g/mol. The summed E-state index contributed by atoms with van der Waals surface area (Å²) in [5, 5.41) is 20.8. The van der Waals surface area contributed by atoms with Crippen LogP contribution >= 0.6 is 11.8 Å². The van der Waals surface area contributed by atoms with Gasteiger partial charge in [0.1, 0.15) is 0 Å². The summed E-state index contributed by atoms with van der Waals surface area (Å²) < 4.78 is 39.6. The lowest BCUT2D eigenvalue weighted by atomic mass is 10.2. The third-order valence-corrected chi connectivity index (χ3v) is 2.45. The number of aliphatic imine (C=N–C) groups is 1. The summed E-state index contributed by atoms with van der Waals surface area (Å²) in [5.74, 6) is -4.92. The zero-order valence-electron chi connectivity index (χ0n) is 9.28. The quantitative estimate of drug-likeness (QED) is 0.172. The Hall–Kier alpha value is -2.28. The SMILES string of the molecule is CSC(=Nc1c(F)cc(F)c(F)c1[N+](=O)[O-])NC#N. The molecular weight excluding hydrogens is 285 g/mol. The van der Waals surface area contributed by atoms with Crippen molar-refractivity contribution in [1.29, 1.82) is 5.26 Å². The number of nitro groups is 1. The highest BCUT2D eigenvalue weighted by atomic mass is 32.2. The minimum Gasteiger partial charge on any atom is -0.271 e. The summed E-state index contributed by atoms with van der Waals surface area (Å²) in [6.45, 7) is 0. The van der Waals surface area contributed by atoms with Crippen molar-refractivity contribution < 1.29 is 18.1 Å². The minimum absolute atomic E-state index is 0.144. The summed E-state index contributed by atoms with van der Waals surface area (Å²) >= 11 is 0.839. The molecule has 0 saturated carbocycles. The zero-order chi connectivity index (χ0) is 14.6. The summed E-state index contributed by atoms with van der Waals surface area (Å²) in [7, 11) is 0. The van der Waals surface area contributed by atoms with E-state index in [0.717, 1.165) is 11.8 Å². The van der Waals surface area contributed by atoms with E-state index < -0.39 is 33.7 Å². The van der Waals surface area contributed by atoms with Crippen molar-refractivity contribution in [2.45, 2.75) is 0 Å². The van der Waals surface area contributed by atoms with Crippen LogP contribution in [-0.2, 0) is 0 Å². The van der Waals surface area contributed by atoms with Crippen molar-refractivity contribution in [2.75, 3.05) is 6.26 Å². The van der Waals surface area contributed by atoms with Gasteiger partial charge in [-0.2, -0.15) is 9.65 Å². The van der Waals surface area contributed by atoms with Gasteiger partial charge in [0.15, 0.2) is 28.7 Å². The van der Waals surface area contributed by atoms with E-state index in [4.69, 9.17) is 5.26 Å². The summed E-state index contributed by atoms with van der Waals surface area (Å²) in [4.78, 5) is 12.8. The molecule has 0 aliphatic rings. The van der Waals surface area contributed by atoms with Gasteiger partial charge >= 0.3 is 5.69 Å². The summed E-state index contributed by atoms with van der Waals surface area (Å²) in [5.41, 5.74) is -2.42. The Bertz CT molecular complexity index is 600. The van der Waals surface area contributed by atoms with Gasteiger partial charge in [0.05, 0.1) is 4.92 Å². The maximum atomic E-state index is 13.5. The van der Waals surface area contributed by atoms with Gasteiger partial charge < -0.3 is 0 Å². The maximum Gasteiger partial charge on any atom is 0.336 e. The number of nitrogens with zero attached hydrogens (tertiary/aromatic N) is 3. The fourth-order valence-electron chi connectivity index (χ4n) is 1.12. The molecule has 19 heavy (non-hydrogen) atoms. The van der Waals surface area contributed by atoms with Gasteiger partial charge in [-0.3, -0.25) is 15.4 Å². The van der Waals surface area contributed by atoms with Crippen LogP contribution in [0.1, 0.15) is 0 Å². The first-order chi connectivity index (χ1) is 8.92. The Balaban J connectivity index is 3.55. The fraction of sp³-hybridized carbons (Fsp3) is 0.111. The largest absolute Gasteiger partial charge is 0.336 e. The number of nitrogens with one attached hydrogen (secondary N) is 1. The molecule has 6 nitrogen and oxygen atoms in total. The van der Waals surface area contributed by atoms with E-state index in [1.54, 1.807) is 0 Å². The Kier molecular flexibility index (Phi) is 4.71. The topological polar surface area (TPSA) is 91.3 Å². The summed E-state index contributed by atoms with van der Waals surface area (Å²) in [6.07, 6.45) is 2.92. The van der Waals surface area contributed by atoms with E-state index in [2.05, 4.69) is 4.99 Å². The van der Waals surface area contributed by atoms with Crippen molar-refractivity contribution >= 4 is 28.3 Å². The van der Waals surface area contributed by atoms with Gasteiger partial charge in [-0.25, -0.2) is 13.8 Å². The molecule has 0 fully saturated rings. The number of nitro benzene ring substituents is 1. The molecule has 100 valence electrons. The molecule has 0 aliphatic carbocycles. The van der Waals surface area contributed by atoms with Gasteiger partial charge in [-0.05, 0) is 6.26 Å². The highest BCUT2D eigenvalue weighted by Gasteiger charge is 2.28. The number of hydrogen-bond acceptors (Lipinski definition) is 5. The number of rotatable bonds is 2. The molecule has 1 rings (SSSR count). The second-order valence-electron chi connectivity index (χ2n) is 2.97. The van der Waals surface area contributed by atoms with Crippen LogP contribution in [0.4, 0.5) is 24.5 Å². The molecular formula is C9H5F3N4O2S. The zero-order valence-corrected chi connectivity index (χ0v) is 10.1. The van der Waals surface area contributed by atoms with E-state index in [1.165, 1.54) is 12.4 Å². The molecule has 10 heteroatoms. The van der Waals surface area contributed by atoms with E-state index in [1.807, 2.05) is 5.32 Å². The van der Waals surface area contributed by atoms with Gasteiger partial charge in [-0.1, -0.05) is 11.8 Å². The Morgan fingerprint density at radius 3 is 2.63 bits per heavy atom. The standard InChI is InChI=1S/C9H5F3N4O2S/c1-19-9(14-3-13)15-7-5(11)2-4(10)6(12)8(7)16(17)18/h2H,1H3,(H,14,15). The first kappa shape index (κ1) is 14.8. The van der Waals surface area contributed by atoms with Crippen molar-refractivity contribution in [3.05, 3.63) is 33.6 Å². The third kappa shape index (κ3) is 3.14. The minimum atomic E-state index is -1.82. The number of benzene rings is 1. The van der Waals surface area contributed by atoms with Gasteiger partial charge in [0.2, 0.25) is 5.82 Å². The predicted molar refractivity (Wildman–Crippen MR) is 62.3 cm³/mol. The molecule has 0 atom stereocenters. The average molecular weight is 290 g/mol. The molecule has 1 aromatic carbocycles. The molecule has 1 aromatic rings. The third-order valence-electron chi connectivity index (χ3n) is 1.87. The Morgan fingerprint density at radius 2 is 2.16 bits per heavy atom. The molecule has 0 saturated heterocycles. The lowest BCUT2D eigenvalue weighted by Gasteiger charge is -2.04. The van der Waals surface area contributed by atoms with Crippen LogP contribution < -0.4 is 5.32 Å². The van der Waals surface area contributed by atoms with E-state index >= 15 is 0 Å². The van der Waals surface area contributed by atoms with Crippen LogP contribution in [0.5, 0.6) is 0 Å². The first-order valence-corrected chi connectivity index (χ1v) is 5.74. The van der Waals surface area contributed by atoms with Gasteiger partial charge in [0.25, 0.3) is 0 Å². The lowest BCUT2D eigenvalue weighted by Crippen LogP contribution is -2.13. The molecule has 0 heterocycles. The Labute approximate surface area is 109 Å². The van der Waals surface area contributed by atoms with Crippen LogP contribution in [0.25, 0.3) is 0 Å². The lowest BCUT2D eigenvalue weighted by molar-refractivity contribution is -0.387. The van der Waals surface area contributed by atoms with Crippen LogP contribution in [-0.4, -0.2) is 16.3 Å². The fourth-order valence-corrected chi connectivity index (χ4v) is 1.45. The summed E-state index contributed by atoms with van der Waals surface area (Å²) in [6, 6.07) is 0.144. The van der Waals surface area contributed by atoms with E-state index in [-0.39, 0.29) is 11.2 Å². The molecule has 0 aliphatic heterocycles. The first-order valence-electron chi connectivity index (χ1n) is 4.52.